The Morgan fingerprint density at radius 3 is 2.51 bits per heavy atom. The summed E-state index contributed by atoms with van der Waals surface area (Å²) in [5.41, 5.74) is 4.82. The van der Waals surface area contributed by atoms with E-state index in [0.717, 1.165) is 24.1 Å². The number of hydrogen-bond acceptors (Lipinski definition) is 7. The summed E-state index contributed by atoms with van der Waals surface area (Å²) in [7, 11) is 0. The maximum atomic E-state index is 14.0. The van der Waals surface area contributed by atoms with Gasteiger partial charge < -0.3 is 9.64 Å². The predicted octanol–water partition coefficient (Wildman–Crippen LogP) is 4.89. The Morgan fingerprint density at radius 2 is 1.78 bits per heavy atom. The highest BCUT2D eigenvalue weighted by atomic mass is 19.3. The van der Waals surface area contributed by atoms with Gasteiger partial charge in [-0.25, -0.2) is 28.1 Å². The zero-order valence-corrected chi connectivity index (χ0v) is 20.7. The van der Waals surface area contributed by atoms with Crippen LogP contribution in [-0.4, -0.2) is 55.3 Å². The van der Waals surface area contributed by atoms with Crippen LogP contribution in [-0.2, 0) is 4.74 Å². The van der Waals surface area contributed by atoms with Crippen LogP contribution in [0.3, 0.4) is 0 Å². The maximum absolute atomic E-state index is 14.0. The number of fused-ring (bicyclic) bond motifs is 1. The van der Waals surface area contributed by atoms with Crippen molar-refractivity contribution in [2.24, 2.45) is 0 Å². The summed E-state index contributed by atoms with van der Waals surface area (Å²) >= 11 is 0. The number of aromatic nitrogens is 6. The first-order chi connectivity index (χ1) is 17.8. The fourth-order valence-electron chi connectivity index (χ4n) is 4.66. The molecular weight excluding hydrogens is 483 g/mol. The van der Waals surface area contributed by atoms with Gasteiger partial charge in [0.15, 0.2) is 5.65 Å². The topological polar surface area (TPSA) is 81.9 Å². The Hall–Kier alpha value is -3.60. The third kappa shape index (κ3) is 4.52. The summed E-state index contributed by atoms with van der Waals surface area (Å²) in [5.74, 6) is -0.113. The van der Waals surface area contributed by atoms with Crippen LogP contribution in [0.4, 0.5) is 19.1 Å². The molecule has 1 unspecified atom stereocenters. The van der Waals surface area contributed by atoms with E-state index in [1.807, 2.05) is 24.7 Å². The van der Waals surface area contributed by atoms with Crippen LogP contribution in [0.2, 0.25) is 0 Å². The Balaban J connectivity index is 1.45. The molecule has 2 aliphatic rings. The monoisotopic (exact) mass is 509 g/mol. The van der Waals surface area contributed by atoms with E-state index in [4.69, 9.17) is 9.72 Å². The fourth-order valence-corrected chi connectivity index (χ4v) is 4.66. The summed E-state index contributed by atoms with van der Waals surface area (Å²) in [6.45, 7) is 5.65. The predicted molar refractivity (Wildman–Crippen MR) is 131 cm³/mol. The minimum Gasteiger partial charge on any atom is -0.361 e. The van der Waals surface area contributed by atoms with E-state index in [1.54, 1.807) is 24.1 Å². The molecule has 4 aromatic rings. The molecule has 1 aromatic carbocycles. The van der Waals surface area contributed by atoms with Gasteiger partial charge in [0.1, 0.15) is 29.2 Å². The maximum Gasteiger partial charge on any atom is 0.266 e. The summed E-state index contributed by atoms with van der Waals surface area (Å²) in [6, 6.07) is 4.80. The molecule has 37 heavy (non-hydrogen) atoms. The second kappa shape index (κ2) is 9.05. The molecule has 0 bridgehead atoms. The molecule has 1 aliphatic carbocycles. The van der Waals surface area contributed by atoms with Gasteiger partial charge >= 0.3 is 0 Å². The highest BCUT2D eigenvalue weighted by Gasteiger charge is 2.37. The molecule has 1 saturated carbocycles. The van der Waals surface area contributed by atoms with E-state index < -0.39 is 18.6 Å². The molecule has 0 N–H and O–H groups in total. The van der Waals surface area contributed by atoms with Crippen molar-refractivity contribution >= 4 is 17.1 Å². The summed E-state index contributed by atoms with van der Waals surface area (Å²) < 4.78 is 49.5. The number of ether oxygens (including phenoxy) is 1. The van der Waals surface area contributed by atoms with Crippen molar-refractivity contribution in [1.29, 1.82) is 0 Å². The van der Waals surface area contributed by atoms with Crippen LogP contribution < -0.4 is 4.90 Å². The third-order valence-corrected chi connectivity index (χ3v) is 6.98. The van der Waals surface area contributed by atoms with Gasteiger partial charge in [-0.15, -0.1) is 0 Å². The molecular formula is C26H26F3N7O. The van der Waals surface area contributed by atoms with Crippen molar-refractivity contribution in [1.82, 2.24) is 29.7 Å². The van der Waals surface area contributed by atoms with Crippen LogP contribution in [0.15, 0.2) is 30.6 Å². The van der Waals surface area contributed by atoms with E-state index in [0.29, 0.717) is 39.7 Å². The number of hydrogen-bond donors (Lipinski definition) is 0. The summed E-state index contributed by atoms with van der Waals surface area (Å²) in [5, 5.41) is 4.40. The molecule has 8 nitrogen and oxygen atoms in total. The Bertz CT molecular complexity index is 1490. The quantitative estimate of drug-likeness (QED) is 0.379. The zero-order valence-electron chi connectivity index (χ0n) is 20.7. The average Bonchev–Trinajstić information content (AvgIpc) is 3.60. The van der Waals surface area contributed by atoms with Gasteiger partial charge in [0, 0.05) is 17.3 Å². The first kappa shape index (κ1) is 23.8. The summed E-state index contributed by atoms with van der Waals surface area (Å²) in [4.78, 5) is 20.4. The van der Waals surface area contributed by atoms with Crippen molar-refractivity contribution < 1.29 is 17.9 Å². The molecule has 4 heterocycles. The molecule has 11 heteroatoms. The van der Waals surface area contributed by atoms with Gasteiger partial charge in [-0.1, -0.05) is 0 Å². The highest BCUT2D eigenvalue weighted by Crippen LogP contribution is 2.37. The van der Waals surface area contributed by atoms with Gasteiger partial charge in [0.2, 0.25) is 5.95 Å². The number of benzene rings is 1. The number of nitrogens with zero attached hydrogens (tertiary/aromatic N) is 7. The molecule has 2 atom stereocenters. The normalized spacial score (nSPS) is 20.2. The van der Waals surface area contributed by atoms with Crippen molar-refractivity contribution in [2.45, 2.75) is 58.3 Å². The van der Waals surface area contributed by atoms with Gasteiger partial charge in [-0.2, -0.15) is 10.1 Å². The molecule has 192 valence electrons. The van der Waals surface area contributed by atoms with Crippen LogP contribution in [0.1, 0.15) is 47.5 Å². The Morgan fingerprint density at radius 1 is 1.00 bits per heavy atom. The standard InChI is InChI=1S/C26H26F3N7O/c1-13-8-17(27)4-7-19(13)22-23-25(32-15(3)14(2)31-23)34-26(33-22)35-11-20(37-21(12-35)24(28)29)16-9-30-36(10-16)18-5-6-18/h4,7-10,18,20-21,24H,5-6,11-12H2,1-3H3/t20-,21?/m1/s1. The first-order valence-electron chi connectivity index (χ1n) is 12.3. The van der Waals surface area contributed by atoms with E-state index in [9.17, 15) is 13.2 Å². The molecule has 3 aromatic heterocycles. The number of anilines is 1. The van der Waals surface area contributed by atoms with Crippen molar-refractivity contribution in [3.8, 4) is 11.3 Å². The molecule has 1 saturated heterocycles. The lowest BCUT2D eigenvalue weighted by Gasteiger charge is -2.37. The molecule has 0 radical (unpaired) electrons. The Labute approximate surface area is 211 Å². The van der Waals surface area contributed by atoms with Crippen molar-refractivity contribution in [3.05, 3.63) is 58.9 Å². The molecule has 6 rings (SSSR count). The zero-order chi connectivity index (χ0) is 25.8. The van der Waals surface area contributed by atoms with Gasteiger partial charge in [-0.3, -0.25) is 4.68 Å². The lowest BCUT2D eigenvalue weighted by atomic mass is 10.0. The second-order valence-corrected chi connectivity index (χ2v) is 9.79. The number of aryl methyl sites for hydroxylation is 3. The minimum absolute atomic E-state index is 0.0868. The van der Waals surface area contributed by atoms with Gasteiger partial charge in [-0.05, 0) is 57.4 Å². The fraction of sp³-hybridized carbons (Fsp3) is 0.423. The lowest BCUT2D eigenvalue weighted by molar-refractivity contribution is -0.102. The largest absolute Gasteiger partial charge is 0.361 e. The first-order valence-corrected chi connectivity index (χ1v) is 12.3. The Kier molecular flexibility index (Phi) is 5.82. The van der Waals surface area contributed by atoms with Crippen LogP contribution in [0.5, 0.6) is 0 Å². The third-order valence-electron chi connectivity index (χ3n) is 6.98. The van der Waals surface area contributed by atoms with Gasteiger partial charge in [0.25, 0.3) is 6.43 Å². The van der Waals surface area contributed by atoms with Crippen LogP contribution in [0.25, 0.3) is 22.4 Å². The summed E-state index contributed by atoms with van der Waals surface area (Å²) in [6.07, 6.45) is 1.05. The molecule has 0 spiro atoms. The van der Waals surface area contributed by atoms with Crippen molar-refractivity contribution in [2.75, 3.05) is 18.0 Å². The molecule has 2 fully saturated rings. The van der Waals surface area contributed by atoms with Crippen LogP contribution in [0, 0.1) is 26.6 Å². The van der Waals surface area contributed by atoms with E-state index in [1.165, 1.54) is 12.1 Å². The van der Waals surface area contributed by atoms with Crippen LogP contribution >= 0.6 is 0 Å². The number of alkyl halides is 2. The highest BCUT2D eigenvalue weighted by molar-refractivity contribution is 5.89. The lowest BCUT2D eigenvalue weighted by Crippen LogP contribution is -2.47. The number of rotatable bonds is 5. The average molecular weight is 510 g/mol. The SMILES string of the molecule is Cc1cc(F)ccc1-c1nc(N2CC(C(F)F)O[C@@H](c3cnn(C4CC4)c3)C2)nc2nc(C)c(C)nc12. The molecule has 1 aliphatic heterocycles. The number of morpholine rings is 1. The van der Waals surface area contributed by atoms with E-state index >= 15 is 0 Å². The number of halogens is 3. The van der Waals surface area contributed by atoms with E-state index in [-0.39, 0.29) is 24.9 Å². The van der Waals surface area contributed by atoms with Gasteiger partial charge in [0.05, 0.1) is 36.7 Å². The molecule has 0 amide bonds. The smallest absolute Gasteiger partial charge is 0.266 e. The minimum atomic E-state index is -2.69. The van der Waals surface area contributed by atoms with Crippen molar-refractivity contribution in [3.63, 3.8) is 0 Å². The second-order valence-electron chi connectivity index (χ2n) is 9.79. The van der Waals surface area contributed by atoms with E-state index in [2.05, 4.69) is 20.1 Å².